The number of rotatable bonds is 1. The molecule has 0 saturated heterocycles. The van der Waals surface area contributed by atoms with E-state index in [0.29, 0.717) is 0 Å². The molecule has 1 unspecified atom stereocenters. The Morgan fingerprint density at radius 3 is 3.07 bits per heavy atom. The number of anilines is 1. The molecule has 3 rings (SSSR count). The molecule has 1 aliphatic rings. The van der Waals surface area contributed by atoms with Gasteiger partial charge in [0.25, 0.3) is 0 Å². The highest BCUT2D eigenvalue weighted by Gasteiger charge is 2.10. The lowest BCUT2D eigenvalue weighted by molar-refractivity contribution is 1.01. The maximum absolute atomic E-state index is 4.15. The van der Waals surface area contributed by atoms with E-state index in [4.69, 9.17) is 0 Å². The molecule has 0 bridgehead atoms. The lowest BCUT2D eigenvalue weighted by Crippen LogP contribution is -1.90. The monoisotopic (exact) mass is 217 g/mol. The predicted octanol–water partition coefficient (Wildman–Crippen LogP) is 2.16. The van der Waals surface area contributed by atoms with E-state index in [1.807, 2.05) is 12.4 Å². The zero-order chi connectivity index (χ0) is 10.3. The minimum atomic E-state index is 1.06. The van der Waals surface area contributed by atoms with Crippen molar-refractivity contribution in [2.24, 2.45) is 0 Å². The van der Waals surface area contributed by atoms with Crippen molar-refractivity contribution in [1.29, 1.82) is 0 Å². The molecule has 1 aromatic heterocycles. The summed E-state index contributed by atoms with van der Waals surface area (Å²) < 4.78 is 1.75. The summed E-state index contributed by atoms with van der Waals surface area (Å²) in [5, 5.41) is 7.51. The van der Waals surface area contributed by atoms with Gasteiger partial charge >= 0.3 is 0 Å². The van der Waals surface area contributed by atoms with Gasteiger partial charge in [0, 0.05) is 24.0 Å². The Morgan fingerprint density at radius 2 is 2.27 bits per heavy atom. The summed E-state index contributed by atoms with van der Waals surface area (Å²) in [6, 6.07) is 6.54. The van der Waals surface area contributed by atoms with Crippen LogP contribution in [0.15, 0.2) is 30.6 Å². The van der Waals surface area contributed by atoms with E-state index in [0.717, 1.165) is 13.0 Å². The summed E-state index contributed by atoms with van der Waals surface area (Å²) >= 11 is 0. The van der Waals surface area contributed by atoms with Gasteiger partial charge in [-0.25, -0.2) is 0 Å². The number of nitrogens with one attached hydrogen (secondary N) is 1. The third-order valence-corrected chi connectivity index (χ3v) is 3.03. The van der Waals surface area contributed by atoms with Crippen molar-refractivity contribution in [3.63, 3.8) is 0 Å². The number of hydrogen-bond acceptors (Lipinski definition) is 2. The number of aromatic nitrogens is 2. The highest BCUT2D eigenvalue weighted by molar-refractivity contribution is 7.14. The summed E-state index contributed by atoms with van der Waals surface area (Å²) in [7, 11) is 2.54. The van der Waals surface area contributed by atoms with Crippen LogP contribution in [0.4, 0.5) is 5.69 Å². The first-order chi connectivity index (χ1) is 7.33. The molecule has 1 aromatic carbocycles. The highest BCUT2D eigenvalue weighted by Crippen LogP contribution is 2.28. The Morgan fingerprint density at radius 1 is 1.33 bits per heavy atom. The van der Waals surface area contributed by atoms with Crippen LogP contribution in [0.5, 0.6) is 0 Å². The lowest BCUT2D eigenvalue weighted by Gasteiger charge is -2.02. The van der Waals surface area contributed by atoms with Crippen LogP contribution in [-0.4, -0.2) is 16.1 Å². The van der Waals surface area contributed by atoms with Crippen LogP contribution < -0.4 is 5.32 Å². The largest absolute Gasteiger partial charge is 0.384 e. The van der Waals surface area contributed by atoms with Crippen LogP contribution in [0.2, 0.25) is 0 Å². The molecule has 0 spiro atoms. The van der Waals surface area contributed by atoms with Crippen molar-refractivity contribution in [3.8, 4) is 11.1 Å². The topological polar surface area (TPSA) is 29.9 Å². The van der Waals surface area contributed by atoms with E-state index < -0.39 is 0 Å². The third kappa shape index (κ3) is 1.53. The minimum absolute atomic E-state index is 1.06. The standard InChI is InChI=1S/C11H12N3P/c15-14-7-10(6-13-14)8-1-2-11-9(5-8)3-4-12-11/h1-2,5-7,12H,3-4,15H2. The first-order valence-electron chi connectivity index (χ1n) is 5.00. The Bertz CT molecular complexity index is 504. The first kappa shape index (κ1) is 8.93. The van der Waals surface area contributed by atoms with Gasteiger partial charge in [0.15, 0.2) is 0 Å². The van der Waals surface area contributed by atoms with Crippen molar-refractivity contribution in [2.75, 3.05) is 11.9 Å². The Kier molecular flexibility index (Phi) is 2.00. The van der Waals surface area contributed by atoms with Crippen molar-refractivity contribution < 1.29 is 0 Å². The van der Waals surface area contributed by atoms with Gasteiger partial charge < -0.3 is 5.32 Å². The molecule has 0 amide bonds. The SMILES string of the molecule is Pn1cc(-c2ccc3c(c2)CCN3)cn1. The zero-order valence-corrected chi connectivity index (χ0v) is 9.43. The molecule has 4 heteroatoms. The molecule has 0 aliphatic carbocycles. The van der Waals surface area contributed by atoms with Gasteiger partial charge in [-0.05, 0) is 39.1 Å². The molecular formula is C11H12N3P. The van der Waals surface area contributed by atoms with E-state index in [1.165, 1.54) is 22.4 Å². The van der Waals surface area contributed by atoms with Gasteiger partial charge in [-0.15, -0.1) is 0 Å². The van der Waals surface area contributed by atoms with Gasteiger partial charge in [-0.3, -0.25) is 4.45 Å². The molecule has 76 valence electrons. The quantitative estimate of drug-likeness (QED) is 0.742. The maximum Gasteiger partial charge on any atom is 0.0571 e. The van der Waals surface area contributed by atoms with E-state index in [9.17, 15) is 0 Å². The summed E-state index contributed by atoms with van der Waals surface area (Å²) in [6.45, 7) is 1.06. The minimum Gasteiger partial charge on any atom is -0.384 e. The van der Waals surface area contributed by atoms with E-state index in [-0.39, 0.29) is 0 Å². The normalized spacial score (nSPS) is 13.7. The zero-order valence-electron chi connectivity index (χ0n) is 8.27. The van der Waals surface area contributed by atoms with Crippen LogP contribution in [-0.2, 0) is 6.42 Å². The fourth-order valence-corrected chi connectivity index (χ4v) is 2.20. The fourth-order valence-electron chi connectivity index (χ4n) is 1.97. The molecule has 15 heavy (non-hydrogen) atoms. The summed E-state index contributed by atoms with van der Waals surface area (Å²) in [5.41, 5.74) is 5.09. The van der Waals surface area contributed by atoms with Crippen molar-refractivity contribution in [3.05, 3.63) is 36.2 Å². The highest BCUT2D eigenvalue weighted by atomic mass is 31.0. The molecule has 3 nitrogen and oxygen atoms in total. The van der Waals surface area contributed by atoms with Gasteiger partial charge in [0.2, 0.25) is 0 Å². The van der Waals surface area contributed by atoms with Crippen molar-refractivity contribution in [1.82, 2.24) is 9.55 Å². The van der Waals surface area contributed by atoms with Crippen molar-refractivity contribution >= 4 is 15.1 Å². The molecular weight excluding hydrogens is 205 g/mol. The molecule has 0 saturated carbocycles. The number of fused-ring (bicyclic) bond motifs is 1. The average molecular weight is 217 g/mol. The van der Waals surface area contributed by atoms with Gasteiger partial charge in [0.1, 0.15) is 0 Å². The van der Waals surface area contributed by atoms with Crippen LogP contribution in [0.25, 0.3) is 11.1 Å². The van der Waals surface area contributed by atoms with Crippen LogP contribution >= 0.6 is 9.39 Å². The Hall–Kier alpha value is -1.34. The number of hydrogen-bond donors (Lipinski definition) is 1. The third-order valence-electron chi connectivity index (χ3n) is 2.75. The summed E-state index contributed by atoms with van der Waals surface area (Å²) in [5.74, 6) is 0. The molecule has 1 N–H and O–H groups in total. The number of nitrogens with zero attached hydrogens (tertiary/aromatic N) is 2. The van der Waals surface area contributed by atoms with E-state index >= 15 is 0 Å². The molecule has 2 aromatic rings. The second-order valence-electron chi connectivity index (χ2n) is 3.76. The predicted molar refractivity (Wildman–Crippen MR) is 65.0 cm³/mol. The van der Waals surface area contributed by atoms with Crippen LogP contribution in [0.1, 0.15) is 5.56 Å². The molecule has 2 heterocycles. The molecule has 0 radical (unpaired) electrons. The second kappa shape index (κ2) is 3.35. The van der Waals surface area contributed by atoms with Crippen molar-refractivity contribution in [2.45, 2.75) is 6.42 Å². The van der Waals surface area contributed by atoms with Gasteiger partial charge in [-0.1, -0.05) is 6.07 Å². The smallest absolute Gasteiger partial charge is 0.0571 e. The lowest BCUT2D eigenvalue weighted by atomic mass is 10.0. The average Bonchev–Trinajstić information content (AvgIpc) is 2.84. The summed E-state index contributed by atoms with van der Waals surface area (Å²) in [4.78, 5) is 0. The fraction of sp³-hybridized carbons (Fsp3) is 0.182. The Labute approximate surface area is 90.8 Å². The van der Waals surface area contributed by atoms with Gasteiger partial charge in [0.05, 0.1) is 6.20 Å². The summed E-state index contributed by atoms with van der Waals surface area (Å²) in [6.07, 6.45) is 5.02. The van der Waals surface area contributed by atoms with E-state index in [2.05, 4.69) is 38.0 Å². The molecule has 0 fully saturated rings. The van der Waals surface area contributed by atoms with Crippen LogP contribution in [0, 0.1) is 0 Å². The number of benzene rings is 1. The Balaban J connectivity index is 2.06. The molecule has 1 atom stereocenters. The van der Waals surface area contributed by atoms with Crippen LogP contribution in [0.3, 0.4) is 0 Å². The first-order valence-corrected chi connectivity index (χ1v) is 5.51. The van der Waals surface area contributed by atoms with E-state index in [1.54, 1.807) is 4.45 Å². The molecule has 1 aliphatic heterocycles. The van der Waals surface area contributed by atoms with Gasteiger partial charge in [-0.2, -0.15) is 5.10 Å². The second-order valence-corrected chi connectivity index (χ2v) is 4.29. The maximum atomic E-state index is 4.15.